The number of hydrogen-bond donors (Lipinski definition) is 2. The first-order valence-corrected chi connectivity index (χ1v) is 5.63. The van der Waals surface area contributed by atoms with Gasteiger partial charge in [0.25, 0.3) is 5.91 Å². The second-order valence-electron chi connectivity index (χ2n) is 4.40. The molecule has 0 unspecified atom stereocenters. The van der Waals surface area contributed by atoms with E-state index < -0.39 is 5.91 Å². The van der Waals surface area contributed by atoms with Crippen LogP contribution >= 0.6 is 0 Å². The summed E-state index contributed by atoms with van der Waals surface area (Å²) in [4.78, 5) is 22.8. The molecule has 6 nitrogen and oxygen atoms in total. The summed E-state index contributed by atoms with van der Waals surface area (Å²) in [5.74, 6) is -0.338. The molecule has 0 atom stereocenters. The normalized spacial score (nSPS) is 14.1. The van der Waals surface area contributed by atoms with E-state index in [4.69, 9.17) is 5.73 Å². The monoisotopic (exact) mass is 246 g/mol. The number of nitrogens with one attached hydrogen (secondary N) is 1. The van der Waals surface area contributed by atoms with E-state index in [0.29, 0.717) is 17.0 Å². The van der Waals surface area contributed by atoms with Crippen LogP contribution < -0.4 is 11.1 Å². The summed E-state index contributed by atoms with van der Waals surface area (Å²) >= 11 is 0. The summed E-state index contributed by atoms with van der Waals surface area (Å²) in [5.41, 5.74) is 6.40. The van der Waals surface area contributed by atoms with Gasteiger partial charge in [0.2, 0.25) is 5.91 Å². The Morgan fingerprint density at radius 3 is 2.61 bits per heavy atom. The number of nitrogens with zero attached hydrogens (tertiary/aromatic N) is 2. The number of primary amides is 1. The number of anilines is 1. The standard InChI is InChI=1S/C12H14N4O2/c1-6(2)8-5-9(14-12(18)7-3-4-7)15-16-10(8)11(13)17/h5,7H,1,3-4H2,2H3,(H2,13,17)(H,14,15,18). The Morgan fingerprint density at radius 2 is 2.11 bits per heavy atom. The van der Waals surface area contributed by atoms with Crippen LogP contribution in [0, 0.1) is 5.92 Å². The third kappa shape index (κ3) is 2.53. The molecule has 1 heterocycles. The molecule has 0 bridgehead atoms. The average molecular weight is 246 g/mol. The molecule has 1 aliphatic carbocycles. The number of allylic oxidation sites excluding steroid dienone is 1. The van der Waals surface area contributed by atoms with E-state index in [2.05, 4.69) is 22.1 Å². The van der Waals surface area contributed by atoms with Crippen LogP contribution in [0.4, 0.5) is 5.82 Å². The maximum atomic E-state index is 11.6. The fourth-order valence-electron chi connectivity index (χ4n) is 1.53. The van der Waals surface area contributed by atoms with Crippen molar-refractivity contribution in [3.05, 3.63) is 23.9 Å². The average Bonchev–Trinajstić information content (AvgIpc) is 3.12. The van der Waals surface area contributed by atoms with Gasteiger partial charge in [0, 0.05) is 11.5 Å². The van der Waals surface area contributed by atoms with Crippen LogP contribution in [-0.4, -0.2) is 22.0 Å². The van der Waals surface area contributed by atoms with Gasteiger partial charge in [0.15, 0.2) is 11.5 Å². The fraction of sp³-hybridized carbons (Fsp3) is 0.333. The van der Waals surface area contributed by atoms with E-state index in [-0.39, 0.29) is 17.5 Å². The molecular formula is C12H14N4O2. The molecular weight excluding hydrogens is 232 g/mol. The minimum atomic E-state index is -0.666. The molecule has 18 heavy (non-hydrogen) atoms. The maximum absolute atomic E-state index is 11.6. The minimum absolute atomic E-state index is 0.0620. The molecule has 0 radical (unpaired) electrons. The molecule has 0 saturated heterocycles. The SMILES string of the molecule is C=C(C)c1cc(NC(=O)C2CC2)nnc1C(N)=O. The summed E-state index contributed by atoms with van der Waals surface area (Å²) in [6.45, 7) is 5.48. The number of rotatable bonds is 4. The zero-order valence-electron chi connectivity index (χ0n) is 10.1. The first kappa shape index (κ1) is 12.2. The molecule has 2 rings (SSSR count). The van der Waals surface area contributed by atoms with Crippen molar-refractivity contribution in [2.24, 2.45) is 11.7 Å². The van der Waals surface area contributed by atoms with Gasteiger partial charge in [-0.05, 0) is 31.4 Å². The molecule has 6 heteroatoms. The molecule has 94 valence electrons. The lowest BCUT2D eigenvalue weighted by Crippen LogP contribution is -2.19. The number of aromatic nitrogens is 2. The van der Waals surface area contributed by atoms with Crippen molar-refractivity contribution in [1.82, 2.24) is 10.2 Å². The summed E-state index contributed by atoms with van der Waals surface area (Å²) < 4.78 is 0. The summed E-state index contributed by atoms with van der Waals surface area (Å²) in [6.07, 6.45) is 1.82. The number of carbonyl (C=O) groups is 2. The molecule has 0 aliphatic heterocycles. The van der Waals surface area contributed by atoms with Gasteiger partial charge in [0.1, 0.15) is 0 Å². The second-order valence-corrected chi connectivity index (χ2v) is 4.40. The van der Waals surface area contributed by atoms with Gasteiger partial charge in [-0.2, -0.15) is 0 Å². The first-order chi connectivity index (χ1) is 8.49. The minimum Gasteiger partial charge on any atom is -0.364 e. The van der Waals surface area contributed by atoms with Gasteiger partial charge in [-0.25, -0.2) is 0 Å². The molecule has 1 aliphatic rings. The van der Waals surface area contributed by atoms with Gasteiger partial charge in [-0.1, -0.05) is 6.58 Å². The second kappa shape index (κ2) is 4.56. The van der Waals surface area contributed by atoms with E-state index in [1.54, 1.807) is 13.0 Å². The third-order valence-corrected chi connectivity index (χ3v) is 2.69. The van der Waals surface area contributed by atoms with Gasteiger partial charge in [-0.15, -0.1) is 10.2 Å². The Morgan fingerprint density at radius 1 is 1.44 bits per heavy atom. The quantitative estimate of drug-likeness (QED) is 0.826. The van der Waals surface area contributed by atoms with Gasteiger partial charge < -0.3 is 11.1 Å². The summed E-state index contributed by atoms with van der Waals surface area (Å²) in [7, 11) is 0. The molecule has 1 aromatic heterocycles. The summed E-state index contributed by atoms with van der Waals surface area (Å²) in [5, 5.41) is 10.2. The van der Waals surface area contributed by atoms with Crippen LogP contribution in [0.15, 0.2) is 12.6 Å². The highest BCUT2D eigenvalue weighted by Gasteiger charge is 2.30. The summed E-state index contributed by atoms with van der Waals surface area (Å²) in [6, 6.07) is 1.57. The predicted octanol–water partition coefficient (Wildman–Crippen LogP) is 0.957. The van der Waals surface area contributed by atoms with Gasteiger partial charge in [-0.3, -0.25) is 9.59 Å². The Balaban J connectivity index is 2.27. The molecule has 3 N–H and O–H groups in total. The maximum Gasteiger partial charge on any atom is 0.269 e. The van der Waals surface area contributed by atoms with Gasteiger partial charge >= 0.3 is 0 Å². The third-order valence-electron chi connectivity index (χ3n) is 2.69. The van der Waals surface area contributed by atoms with Crippen molar-refractivity contribution in [1.29, 1.82) is 0 Å². The van der Waals surface area contributed by atoms with Gasteiger partial charge in [0.05, 0.1) is 0 Å². The zero-order chi connectivity index (χ0) is 13.3. The van der Waals surface area contributed by atoms with E-state index in [1.807, 2.05) is 0 Å². The molecule has 2 amide bonds. The van der Waals surface area contributed by atoms with E-state index in [0.717, 1.165) is 12.8 Å². The highest BCUT2D eigenvalue weighted by molar-refractivity contribution is 5.97. The number of amides is 2. The van der Waals surface area contributed by atoms with E-state index in [9.17, 15) is 9.59 Å². The van der Waals surface area contributed by atoms with Crippen molar-refractivity contribution >= 4 is 23.2 Å². The molecule has 1 aromatic rings. The highest BCUT2D eigenvalue weighted by atomic mass is 16.2. The lowest BCUT2D eigenvalue weighted by Gasteiger charge is -2.08. The van der Waals surface area contributed by atoms with E-state index in [1.165, 1.54) is 0 Å². The topological polar surface area (TPSA) is 98.0 Å². The van der Waals surface area contributed by atoms with Crippen LogP contribution in [-0.2, 0) is 4.79 Å². The Kier molecular flexibility index (Phi) is 3.10. The van der Waals surface area contributed by atoms with Crippen LogP contribution in [0.25, 0.3) is 5.57 Å². The number of nitrogens with two attached hydrogens (primary N) is 1. The lowest BCUT2D eigenvalue weighted by atomic mass is 10.1. The van der Waals surface area contributed by atoms with Crippen molar-refractivity contribution in [2.45, 2.75) is 19.8 Å². The van der Waals surface area contributed by atoms with Crippen LogP contribution in [0.1, 0.15) is 35.8 Å². The Bertz CT molecular complexity index is 535. The zero-order valence-corrected chi connectivity index (χ0v) is 10.1. The fourth-order valence-corrected chi connectivity index (χ4v) is 1.53. The molecule has 0 spiro atoms. The van der Waals surface area contributed by atoms with Crippen molar-refractivity contribution in [3.63, 3.8) is 0 Å². The Hall–Kier alpha value is -2.24. The van der Waals surface area contributed by atoms with Crippen LogP contribution in [0.2, 0.25) is 0 Å². The first-order valence-electron chi connectivity index (χ1n) is 5.63. The van der Waals surface area contributed by atoms with Crippen LogP contribution in [0.5, 0.6) is 0 Å². The lowest BCUT2D eigenvalue weighted by molar-refractivity contribution is -0.117. The number of hydrogen-bond acceptors (Lipinski definition) is 4. The molecule has 0 aromatic carbocycles. The smallest absolute Gasteiger partial charge is 0.269 e. The largest absolute Gasteiger partial charge is 0.364 e. The highest BCUT2D eigenvalue weighted by Crippen LogP contribution is 2.30. The van der Waals surface area contributed by atoms with Crippen LogP contribution in [0.3, 0.4) is 0 Å². The molecule has 1 fully saturated rings. The number of carbonyl (C=O) groups excluding carboxylic acids is 2. The van der Waals surface area contributed by atoms with Crippen molar-refractivity contribution < 1.29 is 9.59 Å². The predicted molar refractivity (Wildman–Crippen MR) is 66.6 cm³/mol. The molecule has 1 saturated carbocycles. The van der Waals surface area contributed by atoms with Crippen molar-refractivity contribution in [2.75, 3.05) is 5.32 Å². The van der Waals surface area contributed by atoms with Crippen molar-refractivity contribution in [3.8, 4) is 0 Å². The Labute approximate surface area is 104 Å². The van der Waals surface area contributed by atoms with E-state index >= 15 is 0 Å².